The van der Waals surface area contributed by atoms with Gasteiger partial charge in [-0.1, -0.05) is 52.3 Å². The van der Waals surface area contributed by atoms with E-state index in [4.69, 9.17) is 8.92 Å². The third kappa shape index (κ3) is 4.50. The van der Waals surface area contributed by atoms with Crippen molar-refractivity contribution in [3.8, 4) is 5.75 Å². The van der Waals surface area contributed by atoms with Crippen LogP contribution in [0.2, 0.25) is 0 Å². The number of nitrogens with zero attached hydrogens (tertiary/aromatic N) is 1. The van der Waals surface area contributed by atoms with Crippen molar-refractivity contribution in [2.45, 2.75) is 4.90 Å². The van der Waals surface area contributed by atoms with Crippen molar-refractivity contribution in [2.75, 3.05) is 0 Å². The third-order valence-corrected chi connectivity index (χ3v) is 5.86. The van der Waals surface area contributed by atoms with Crippen LogP contribution in [0.1, 0.15) is 11.1 Å². The van der Waals surface area contributed by atoms with E-state index >= 15 is 0 Å². The minimum absolute atomic E-state index is 0.0679. The maximum atomic E-state index is 12.3. The number of benzene rings is 3. The molecule has 4 rings (SSSR count). The van der Waals surface area contributed by atoms with E-state index in [0.29, 0.717) is 11.1 Å². The second-order valence-electron chi connectivity index (χ2n) is 6.26. The lowest BCUT2D eigenvalue weighted by atomic mass is 10.2. The predicted octanol–water partition coefficient (Wildman–Crippen LogP) is 4.56. The van der Waals surface area contributed by atoms with Gasteiger partial charge in [0.2, 0.25) is 5.90 Å². The van der Waals surface area contributed by atoms with Gasteiger partial charge in [0, 0.05) is 10.0 Å². The Hall–Kier alpha value is -3.23. The summed E-state index contributed by atoms with van der Waals surface area (Å²) in [7, 11) is -3.92. The van der Waals surface area contributed by atoms with Crippen LogP contribution in [0.25, 0.3) is 6.08 Å². The molecule has 150 valence electrons. The summed E-state index contributed by atoms with van der Waals surface area (Å²) in [4.78, 5) is 16.2. The van der Waals surface area contributed by atoms with Crippen molar-refractivity contribution < 1.29 is 22.1 Å². The highest BCUT2D eigenvalue weighted by Crippen LogP contribution is 2.23. The normalized spacial score (nSPS) is 15.0. The first-order chi connectivity index (χ1) is 14.4. The highest BCUT2D eigenvalue weighted by molar-refractivity contribution is 9.10. The first-order valence-corrected chi connectivity index (χ1v) is 11.0. The highest BCUT2D eigenvalue weighted by atomic mass is 79.9. The van der Waals surface area contributed by atoms with Crippen molar-refractivity contribution in [2.24, 2.45) is 4.99 Å². The van der Waals surface area contributed by atoms with E-state index in [-0.39, 0.29) is 22.3 Å². The zero-order chi connectivity index (χ0) is 21.1. The molecular formula is C22H14BrNO5S. The molecule has 0 aromatic heterocycles. The van der Waals surface area contributed by atoms with Gasteiger partial charge in [-0.3, -0.25) is 4.79 Å². The minimum Gasteiger partial charge on any atom is -0.432 e. The van der Waals surface area contributed by atoms with Crippen LogP contribution >= 0.6 is 15.9 Å². The largest absolute Gasteiger partial charge is 0.432 e. The summed E-state index contributed by atoms with van der Waals surface area (Å²) in [5, 5.41) is 0. The van der Waals surface area contributed by atoms with Crippen molar-refractivity contribution >= 4 is 43.9 Å². The van der Waals surface area contributed by atoms with E-state index in [0.717, 1.165) is 4.47 Å². The Morgan fingerprint density at radius 2 is 1.67 bits per heavy atom. The SMILES string of the molecule is O=C1N=C(c2cccc(Br)c2)O/C1=C/c1ccc(OS(=O)(=O)c2ccccc2)cc1. The van der Waals surface area contributed by atoms with E-state index in [2.05, 4.69) is 20.9 Å². The molecule has 0 radical (unpaired) electrons. The molecule has 0 aliphatic carbocycles. The van der Waals surface area contributed by atoms with E-state index < -0.39 is 16.0 Å². The second kappa shape index (κ2) is 8.25. The fraction of sp³-hybridized carbons (Fsp3) is 0. The zero-order valence-corrected chi connectivity index (χ0v) is 17.8. The summed E-state index contributed by atoms with van der Waals surface area (Å²) in [5.41, 5.74) is 1.31. The van der Waals surface area contributed by atoms with Gasteiger partial charge in [0.05, 0.1) is 0 Å². The lowest BCUT2D eigenvalue weighted by molar-refractivity contribution is -0.115. The Labute approximate surface area is 181 Å². The summed E-state index contributed by atoms with van der Waals surface area (Å²) < 4.78 is 36.2. The molecule has 1 heterocycles. The molecule has 1 aliphatic heterocycles. The average molecular weight is 484 g/mol. The highest BCUT2D eigenvalue weighted by Gasteiger charge is 2.24. The van der Waals surface area contributed by atoms with Gasteiger partial charge in [0.25, 0.3) is 0 Å². The van der Waals surface area contributed by atoms with Crippen molar-refractivity contribution in [3.63, 3.8) is 0 Å². The Morgan fingerprint density at radius 3 is 2.37 bits per heavy atom. The predicted molar refractivity (Wildman–Crippen MR) is 115 cm³/mol. The van der Waals surface area contributed by atoms with Crippen LogP contribution in [0.4, 0.5) is 0 Å². The molecule has 6 nitrogen and oxygen atoms in total. The number of carbonyl (C=O) groups is 1. The molecule has 0 spiro atoms. The summed E-state index contributed by atoms with van der Waals surface area (Å²) in [6, 6.07) is 21.4. The molecular weight excluding hydrogens is 470 g/mol. The monoisotopic (exact) mass is 483 g/mol. The van der Waals surface area contributed by atoms with E-state index in [1.165, 1.54) is 30.3 Å². The number of hydrogen-bond donors (Lipinski definition) is 0. The number of amides is 1. The van der Waals surface area contributed by atoms with Crippen LogP contribution in [-0.4, -0.2) is 20.2 Å². The molecule has 0 saturated carbocycles. The molecule has 0 atom stereocenters. The third-order valence-electron chi connectivity index (χ3n) is 4.11. The summed E-state index contributed by atoms with van der Waals surface area (Å²) in [5.74, 6) is -0.0280. The molecule has 3 aromatic rings. The molecule has 30 heavy (non-hydrogen) atoms. The number of hydrogen-bond acceptors (Lipinski definition) is 5. The fourth-order valence-corrected chi connectivity index (χ4v) is 4.04. The number of rotatable bonds is 5. The van der Waals surface area contributed by atoms with E-state index in [9.17, 15) is 13.2 Å². The summed E-state index contributed by atoms with van der Waals surface area (Å²) in [6.45, 7) is 0. The molecule has 0 saturated heterocycles. The first kappa shape index (κ1) is 20.1. The van der Waals surface area contributed by atoms with Gasteiger partial charge in [-0.2, -0.15) is 13.4 Å². The van der Waals surface area contributed by atoms with Crippen molar-refractivity contribution in [1.29, 1.82) is 0 Å². The second-order valence-corrected chi connectivity index (χ2v) is 8.72. The van der Waals surface area contributed by atoms with Gasteiger partial charge in [-0.25, -0.2) is 0 Å². The number of carbonyl (C=O) groups excluding carboxylic acids is 1. The molecule has 0 fully saturated rings. The van der Waals surface area contributed by atoms with E-state index in [1.54, 1.807) is 42.5 Å². The first-order valence-electron chi connectivity index (χ1n) is 8.79. The fourth-order valence-electron chi connectivity index (χ4n) is 2.69. The molecule has 0 N–H and O–H groups in total. The Balaban J connectivity index is 1.49. The van der Waals surface area contributed by atoms with Gasteiger partial charge in [0.1, 0.15) is 10.6 Å². The Kier molecular flexibility index (Phi) is 5.52. The van der Waals surface area contributed by atoms with Gasteiger partial charge in [-0.15, -0.1) is 0 Å². The Bertz CT molecular complexity index is 1270. The van der Waals surface area contributed by atoms with Crippen LogP contribution in [-0.2, 0) is 19.6 Å². The van der Waals surface area contributed by atoms with Gasteiger partial charge >= 0.3 is 16.0 Å². The van der Waals surface area contributed by atoms with Gasteiger partial charge in [0.15, 0.2) is 5.76 Å². The van der Waals surface area contributed by atoms with Gasteiger partial charge in [-0.05, 0) is 54.1 Å². The molecule has 0 unspecified atom stereocenters. The van der Waals surface area contributed by atoms with Crippen LogP contribution in [0.15, 0.2) is 99.0 Å². The molecule has 1 amide bonds. The Morgan fingerprint density at radius 1 is 0.933 bits per heavy atom. The summed E-state index contributed by atoms with van der Waals surface area (Å²) in [6.07, 6.45) is 1.53. The molecule has 0 bridgehead atoms. The lowest BCUT2D eigenvalue weighted by Gasteiger charge is -2.07. The maximum absolute atomic E-state index is 12.3. The summed E-state index contributed by atoms with van der Waals surface area (Å²) >= 11 is 3.37. The van der Waals surface area contributed by atoms with E-state index in [1.807, 2.05) is 12.1 Å². The van der Waals surface area contributed by atoms with Crippen molar-refractivity contribution in [3.05, 3.63) is 100 Å². The maximum Gasteiger partial charge on any atom is 0.339 e. The minimum atomic E-state index is -3.92. The standard InChI is InChI=1S/C22H14BrNO5S/c23-17-6-4-5-16(14-17)22-24-21(25)20(28-22)13-15-9-11-18(12-10-15)29-30(26,27)19-7-2-1-3-8-19/h1-14H/b20-13+. The van der Waals surface area contributed by atoms with Crippen LogP contribution in [0, 0.1) is 0 Å². The van der Waals surface area contributed by atoms with Gasteiger partial charge < -0.3 is 8.92 Å². The van der Waals surface area contributed by atoms with Crippen LogP contribution < -0.4 is 4.18 Å². The average Bonchev–Trinajstić information content (AvgIpc) is 3.10. The van der Waals surface area contributed by atoms with Crippen molar-refractivity contribution in [1.82, 2.24) is 0 Å². The molecule has 8 heteroatoms. The zero-order valence-electron chi connectivity index (χ0n) is 15.4. The number of halogens is 1. The lowest BCUT2D eigenvalue weighted by Crippen LogP contribution is -2.09. The number of aliphatic imine (C=N–C) groups is 1. The molecule has 1 aliphatic rings. The van der Waals surface area contributed by atoms with Crippen LogP contribution in [0.3, 0.4) is 0 Å². The quantitative estimate of drug-likeness (QED) is 0.392. The number of ether oxygens (including phenoxy) is 1. The van der Waals surface area contributed by atoms with Crippen LogP contribution in [0.5, 0.6) is 5.75 Å². The molecule has 3 aromatic carbocycles. The topological polar surface area (TPSA) is 82.0 Å². The smallest absolute Gasteiger partial charge is 0.339 e.